The first-order valence-electron chi connectivity index (χ1n) is 8.40. The summed E-state index contributed by atoms with van der Waals surface area (Å²) in [6.07, 6.45) is 7.82. The number of hydrogen-bond acceptors (Lipinski definition) is 3. The zero-order valence-electron chi connectivity index (χ0n) is 13.1. The smallest absolute Gasteiger partial charge is 0.119 e. The fourth-order valence-electron chi connectivity index (χ4n) is 3.60. The van der Waals surface area contributed by atoms with E-state index in [1.165, 1.54) is 37.7 Å². The van der Waals surface area contributed by atoms with Crippen LogP contribution in [0, 0.1) is 0 Å². The average Bonchev–Trinajstić information content (AvgIpc) is 3.14. The largest absolute Gasteiger partial charge is 0.491 e. The van der Waals surface area contributed by atoms with Gasteiger partial charge in [-0.05, 0) is 49.9 Å². The van der Waals surface area contributed by atoms with Gasteiger partial charge in [0.25, 0.3) is 0 Å². The van der Waals surface area contributed by atoms with Crippen LogP contribution in [0.1, 0.15) is 51.0 Å². The minimum atomic E-state index is 0.209. The van der Waals surface area contributed by atoms with Gasteiger partial charge in [-0.2, -0.15) is 0 Å². The van der Waals surface area contributed by atoms with Crippen LogP contribution >= 0.6 is 0 Å². The third-order valence-electron chi connectivity index (χ3n) is 4.77. The highest BCUT2D eigenvalue weighted by molar-refractivity contribution is 5.28. The van der Waals surface area contributed by atoms with Crippen molar-refractivity contribution < 1.29 is 9.47 Å². The van der Waals surface area contributed by atoms with Gasteiger partial charge >= 0.3 is 0 Å². The summed E-state index contributed by atoms with van der Waals surface area (Å²) in [6, 6.07) is 8.36. The average molecular weight is 289 g/mol. The molecule has 1 saturated heterocycles. The Morgan fingerprint density at radius 2 is 2.14 bits per heavy atom. The molecule has 1 spiro atoms. The molecule has 3 heteroatoms. The maximum absolute atomic E-state index is 6.29. The maximum Gasteiger partial charge on any atom is 0.119 e. The van der Waals surface area contributed by atoms with Gasteiger partial charge in [0.15, 0.2) is 0 Å². The summed E-state index contributed by atoms with van der Waals surface area (Å²) in [5, 5.41) is 3.34. The minimum Gasteiger partial charge on any atom is -0.491 e. The first kappa shape index (κ1) is 14.9. The lowest BCUT2D eigenvalue weighted by Crippen LogP contribution is -2.27. The molecular weight excluding hydrogens is 262 g/mol. The molecule has 3 rings (SSSR count). The lowest BCUT2D eigenvalue weighted by Gasteiger charge is -2.23. The van der Waals surface area contributed by atoms with Gasteiger partial charge in [0.05, 0.1) is 11.7 Å². The fourth-order valence-corrected chi connectivity index (χ4v) is 3.60. The van der Waals surface area contributed by atoms with E-state index in [1.807, 2.05) is 6.07 Å². The lowest BCUT2D eigenvalue weighted by atomic mass is 9.98. The Morgan fingerprint density at radius 1 is 1.29 bits per heavy atom. The van der Waals surface area contributed by atoms with E-state index in [9.17, 15) is 0 Å². The van der Waals surface area contributed by atoms with Crippen molar-refractivity contribution in [2.24, 2.45) is 0 Å². The summed E-state index contributed by atoms with van der Waals surface area (Å²) in [5.41, 5.74) is 1.48. The molecule has 1 unspecified atom stereocenters. The Balaban J connectivity index is 1.49. The van der Waals surface area contributed by atoms with Crippen LogP contribution in [0.4, 0.5) is 0 Å². The lowest BCUT2D eigenvalue weighted by molar-refractivity contribution is -0.0508. The number of benzene rings is 1. The van der Waals surface area contributed by atoms with Crippen LogP contribution in [0.5, 0.6) is 5.75 Å². The summed E-state index contributed by atoms with van der Waals surface area (Å²) in [7, 11) is 0. The Hall–Kier alpha value is -1.06. The molecule has 1 atom stereocenters. The first-order valence-corrected chi connectivity index (χ1v) is 8.40. The summed E-state index contributed by atoms with van der Waals surface area (Å²) in [5.74, 6) is 0.960. The van der Waals surface area contributed by atoms with Gasteiger partial charge < -0.3 is 14.8 Å². The number of nitrogens with one attached hydrogen (secondary N) is 1. The Labute approximate surface area is 128 Å². The second-order valence-electron chi connectivity index (χ2n) is 6.41. The molecule has 0 amide bonds. The van der Waals surface area contributed by atoms with Crippen LogP contribution in [-0.2, 0) is 11.3 Å². The monoisotopic (exact) mass is 289 g/mol. The Morgan fingerprint density at radius 3 is 2.95 bits per heavy atom. The molecule has 2 fully saturated rings. The molecule has 3 nitrogen and oxygen atoms in total. The SMILES string of the molecule is CCNCc1cccc(OCC2CCC3(CCCC3)O2)c1. The topological polar surface area (TPSA) is 30.5 Å². The summed E-state index contributed by atoms with van der Waals surface area (Å²) >= 11 is 0. The molecule has 1 aliphatic heterocycles. The second-order valence-corrected chi connectivity index (χ2v) is 6.41. The quantitative estimate of drug-likeness (QED) is 0.867. The molecule has 0 bridgehead atoms. The number of rotatable bonds is 6. The molecule has 2 aliphatic rings. The molecule has 0 aromatic heterocycles. The van der Waals surface area contributed by atoms with Gasteiger partial charge in [-0.3, -0.25) is 0 Å². The van der Waals surface area contributed by atoms with Gasteiger partial charge in [-0.15, -0.1) is 0 Å². The van der Waals surface area contributed by atoms with Crippen LogP contribution in [0.2, 0.25) is 0 Å². The van der Waals surface area contributed by atoms with E-state index in [-0.39, 0.29) is 11.7 Å². The van der Waals surface area contributed by atoms with E-state index in [0.717, 1.165) is 25.3 Å². The van der Waals surface area contributed by atoms with Crippen molar-refractivity contribution in [1.29, 1.82) is 0 Å². The molecule has 1 aliphatic carbocycles. The third kappa shape index (κ3) is 3.78. The third-order valence-corrected chi connectivity index (χ3v) is 4.77. The van der Waals surface area contributed by atoms with Gasteiger partial charge in [0.1, 0.15) is 12.4 Å². The first-order chi connectivity index (χ1) is 10.3. The van der Waals surface area contributed by atoms with E-state index >= 15 is 0 Å². The Bertz CT molecular complexity index is 454. The van der Waals surface area contributed by atoms with Crippen molar-refractivity contribution in [2.75, 3.05) is 13.2 Å². The van der Waals surface area contributed by atoms with Crippen molar-refractivity contribution in [2.45, 2.75) is 63.7 Å². The zero-order valence-corrected chi connectivity index (χ0v) is 13.1. The predicted octanol–water partition coefficient (Wildman–Crippen LogP) is 3.67. The van der Waals surface area contributed by atoms with Crippen molar-refractivity contribution in [3.05, 3.63) is 29.8 Å². The van der Waals surface area contributed by atoms with E-state index in [2.05, 4.69) is 30.4 Å². The number of ether oxygens (including phenoxy) is 2. The molecule has 0 radical (unpaired) electrons. The van der Waals surface area contributed by atoms with Crippen LogP contribution in [0.3, 0.4) is 0 Å². The number of hydrogen-bond donors (Lipinski definition) is 1. The van der Waals surface area contributed by atoms with Crippen molar-refractivity contribution in [3.63, 3.8) is 0 Å². The predicted molar refractivity (Wildman–Crippen MR) is 84.6 cm³/mol. The van der Waals surface area contributed by atoms with Crippen LogP contribution in [-0.4, -0.2) is 24.9 Å². The molecule has 1 heterocycles. The van der Waals surface area contributed by atoms with E-state index in [4.69, 9.17) is 9.47 Å². The van der Waals surface area contributed by atoms with E-state index < -0.39 is 0 Å². The van der Waals surface area contributed by atoms with Crippen LogP contribution in [0.25, 0.3) is 0 Å². The van der Waals surface area contributed by atoms with Crippen molar-refractivity contribution in [1.82, 2.24) is 5.32 Å². The van der Waals surface area contributed by atoms with Crippen molar-refractivity contribution in [3.8, 4) is 5.75 Å². The highest BCUT2D eigenvalue weighted by Crippen LogP contribution is 2.43. The van der Waals surface area contributed by atoms with E-state index in [0.29, 0.717) is 6.61 Å². The summed E-state index contributed by atoms with van der Waals surface area (Å²) < 4.78 is 12.2. The fraction of sp³-hybridized carbons (Fsp3) is 0.667. The highest BCUT2D eigenvalue weighted by atomic mass is 16.6. The summed E-state index contributed by atoms with van der Waals surface area (Å²) in [4.78, 5) is 0. The van der Waals surface area contributed by atoms with Gasteiger partial charge in [0.2, 0.25) is 0 Å². The molecule has 116 valence electrons. The molecule has 1 N–H and O–H groups in total. The van der Waals surface area contributed by atoms with Crippen LogP contribution in [0.15, 0.2) is 24.3 Å². The normalized spacial score (nSPS) is 23.8. The maximum atomic E-state index is 6.29. The van der Waals surface area contributed by atoms with Crippen LogP contribution < -0.4 is 10.1 Å². The zero-order chi connectivity index (χ0) is 14.5. The molecule has 1 aromatic rings. The molecule has 21 heavy (non-hydrogen) atoms. The van der Waals surface area contributed by atoms with Gasteiger partial charge in [-0.25, -0.2) is 0 Å². The summed E-state index contributed by atoms with van der Waals surface area (Å²) in [6.45, 7) is 4.70. The van der Waals surface area contributed by atoms with Crippen molar-refractivity contribution >= 4 is 0 Å². The highest BCUT2D eigenvalue weighted by Gasteiger charge is 2.42. The molecular formula is C18H27NO2. The van der Waals surface area contributed by atoms with E-state index in [1.54, 1.807) is 0 Å². The second kappa shape index (κ2) is 6.80. The van der Waals surface area contributed by atoms with Gasteiger partial charge in [-0.1, -0.05) is 31.9 Å². The minimum absolute atomic E-state index is 0.209. The molecule has 1 aromatic carbocycles. The molecule has 1 saturated carbocycles. The standard InChI is InChI=1S/C18H27NO2/c1-2-19-13-15-6-5-7-16(12-15)20-14-17-8-11-18(21-17)9-3-4-10-18/h5-7,12,17,19H,2-4,8-11,13-14H2,1H3. The van der Waals surface area contributed by atoms with Gasteiger partial charge in [0, 0.05) is 6.54 Å². The Kier molecular flexibility index (Phi) is 4.81.